The van der Waals surface area contributed by atoms with Crippen LogP contribution in [0.5, 0.6) is 0 Å². The van der Waals surface area contributed by atoms with Crippen molar-refractivity contribution in [3.05, 3.63) is 71.8 Å². The van der Waals surface area contributed by atoms with E-state index >= 15 is 0 Å². The van der Waals surface area contributed by atoms with Gasteiger partial charge in [-0.05, 0) is 42.7 Å². The van der Waals surface area contributed by atoms with Crippen LogP contribution in [-0.2, 0) is 9.59 Å². The molecule has 0 bridgehead atoms. The summed E-state index contributed by atoms with van der Waals surface area (Å²) in [6, 6.07) is 20.6. The molecule has 0 atom stereocenters. The molecule has 1 spiro atoms. The third-order valence-electron chi connectivity index (χ3n) is 7.90. The molecule has 8 heteroatoms. The number of hydrogen-bond donors (Lipinski definition) is 2. The quantitative estimate of drug-likeness (QED) is 0.610. The molecule has 5 rings (SSSR count). The van der Waals surface area contributed by atoms with Gasteiger partial charge in [-0.2, -0.15) is 5.01 Å². The third kappa shape index (κ3) is 5.01. The van der Waals surface area contributed by atoms with Crippen molar-refractivity contribution in [2.24, 2.45) is 5.92 Å². The molecule has 0 unspecified atom stereocenters. The molecule has 2 aliphatic heterocycles. The average Bonchev–Trinajstić information content (AvgIpc) is 3.12. The Kier molecular flexibility index (Phi) is 7.07. The maximum Gasteiger partial charge on any atom is 0.344 e. The molecule has 0 radical (unpaired) electrons. The van der Waals surface area contributed by atoms with Gasteiger partial charge in [0.2, 0.25) is 0 Å². The van der Waals surface area contributed by atoms with Crippen LogP contribution in [0.25, 0.3) is 0 Å². The summed E-state index contributed by atoms with van der Waals surface area (Å²) < 4.78 is 0. The summed E-state index contributed by atoms with van der Waals surface area (Å²) in [6.45, 7) is 5.39. The molecule has 0 aromatic heterocycles. The first-order chi connectivity index (χ1) is 17.4. The fraction of sp³-hybridized carbons (Fsp3) is 0.464. The number of rotatable bonds is 6. The number of nitrogens with zero attached hydrogens (tertiary/aromatic N) is 3. The second-order valence-corrected chi connectivity index (χ2v) is 10.4. The van der Waals surface area contributed by atoms with Gasteiger partial charge in [0.05, 0.1) is 12.6 Å². The van der Waals surface area contributed by atoms with E-state index in [2.05, 4.69) is 76.0 Å². The van der Waals surface area contributed by atoms with Crippen LogP contribution in [0.3, 0.4) is 0 Å². The van der Waals surface area contributed by atoms with Crippen LogP contribution < -0.4 is 10.7 Å². The molecular formula is C28H35N5O3. The molecule has 1 saturated carbocycles. The fourth-order valence-electron chi connectivity index (χ4n) is 5.74. The van der Waals surface area contributed by atoms with E-state index in [1.165, 1.54) is 11.1 Å². The Morgan fingerprint density at radius 2 is 1.50 bits per heavy atom. The minimum atomic E-state index is -0.855. The van der Waals surface area contributed by atoms with Gasteiger partial charge in [-0.3, -0.25) is 24.8 Å². The summed E-state index contributed by atoms with van der Waals surface area (Å²) in [5, 5.41) is 3.75. The summed E-state index contributed by atoms with van der Waals surface area (Å²) in [7, 11) is 0. The topological polar surface area (TPSA) is 85.0 Å². The van der Waals surface area contributed by atoms with Gasteiger partial charge in [0.1, 0.15) is 5.54 Å². The molecule has 2 saturated heterocycles. The highest BCUT2D eigenvalue weighted by molar-refractivity contribution is 6.08. The minimum Gasteiger partial charge on any atom is -0.322 e. The Labute approximate surface area is 212 Å². The van der Waals surface area contributed by atoms with E-state index in [1.54, 1.807) is 0 Å². The fourth-order valence-corrected chi connectivity index (χ4v) is 5.74. The van der Waals surface area contributed by atoms with Crippen LogP contribution in [-0.4, -0.2) is 70.9 Å². The summed E-state index contributed by atoms with van der Waals surface area (Å²) >= 11 is 0. The number of piperazine rings is 1. The van der Waals surface area contributed by atoms with Crippen molar-refractivity contribution in [3.8, 4) is 0 Å². The van der Waals surface area contributed by atoms with Crippen LogP contribution >= 0.6 is 0 Å². The number of carbonyl (C=O) groups is 3. The van der Waals surface area contributed by atoms with E-state index in [4.69, 9.17) is 0 Å². The third-order valence-corrected chi connectivity index (χ3v) is 7.90. The maximum absolute atomic E-state index is 13.0. The SMILES string of the molecule is CC1CCC2(CC1)NC(=O)N(NC(=O)CN1CCN(C(c3ccccc3)c3ccccc3)CC1)C2=O. The van der Waals surface area contributed by atoms with Crippen LogP contribution in [0.2, 0.25) is 0 Å². The number of hydrazine groups is 1. The highest BCUT2D eigenvalue weighted by atomic mass is 16.2. The van der Waals surface area contributed by atoms with Crippen LogP contribution in [0, 0.1) is 5.92 Å². The molecule has 3 fully saturated rings. The van der Waals surface area contributed by atoms with Gasteiger partial charge in [0.15, 0.2) is 0 Å². The molecule has 190 valence electrons. The zero-order chi connectivity index (χ0) is 25.1. The summed E-state index contributed by atoms with van der Waals surface area (Å²) in [5.41, 5.74) is 4.22. The Hall–Kier alpha value is -3.23. The first kappa shape index (κ1) is 24.5. The molecule has 1 aliphatic carbocycles. The first-order valence-electron chi connectivity index (χ1n) is 13.0. The molecule has 2 heterocycles. The normalized spacial score (nSPS) is 25.4. The summed E-state index contributed by atoms with van der Waals surface area (Å²) in [5.74, 6) is -0.118. The average molecular weight is 490 g/mol. The predicted octanol–water partition coefficient (Wildman–Crippen LogP) is 2.93. The number of imide groups is 1. The van der Waals surface area contributed by atoms with Gasteiger partial charge in [0, 0.05) is 26.2 Å². The van der Waals surface area contributed by atoms with Gasteiger partial charge in [-0.1, -0.05) is 67.6 Å². The minimum absolute atomic E-state index is 0.149. The summed E-state index contributed by atoms with van der Waals surface area (Å²) in [4.78, 5) is 42.9. The predicted molar refractivity (Wildman–Crippen MR) is 137 cm³/mol. The first-order valence-corrected chi connectivity index (χ1v) is 13.0. The van der Waals surface area contributed by atoms with Gasteiger partial charge in [0.25, 0.3) is 11.8 Å². The number of amides is 4. The van der Waals surface area contributed by atoms with Gasteiger partial charge in [-0.25, -0.2) is 4.79 Å². The monoisotopic (exact) mass is 489 g/mol. The van der Waals surface area contributed by atoms with Crippen molar-refractivity contribution < 1.29 is 14.4 Å². The van der Waals surface area contributed by atoms with Gasteiger partial charge < -0.3 is 5.32 Å². The molecule has 2 N–H and O–H groups in total. The number of carbonyl (C=O) groups excluding carboxylic acids is 3. The molecule has 3 aliphatic rings. The number of urea groups is 1. The van der Waals surface area contributed by atoms with E-state index in [1.807, 2.05) is 12.1 Å². The summed E-state index contributed by atoms with van der Waals surface area (Å²) in [6.07, 6.45) is 3.03. The number of benzene rings is 2. The molecule has 2 aromatic rings. The smallest absolute Gasteiger partial charge is 0.322 e. The largest absolute Gasteiger partial charge is 0.344 e. The van der Waals surface area contributed by atoms with Gasteiger partial charge >= 0.3 is 6.03 Å². The molecular weight excluding hydrogens is 454 g/mol. The lowest BCUT2D eigenvalue weighted by Crippen LogP contribution is -2.54. The van der Waals surface area contributed by atoms with E-state index in [0.717, 1.165) is 44.0 Å². The van der Waals surface area contributed by atoms with E-state index < -0.39 is 11.6 Å². The van der Waals surface area contributed by atoms with E-state index in [9.17, 15) is 14.4 Å². The second-order valence-electron chi connectivity index (χ2n) is 10.4. The number of hydrogen-bond acceptors (Lipinski definition) is 5. The van der Waals surface area contributed by atoms with Crippen molar-refractivity contribution in [1.29, 1.82) is 0 Å². The molecule has 4 amide bonds. The van der Waals surface area contributed by atoms with Crippen molar-refractivity contribution >= 4 is 17.8 Å². The van der Waals surface area contributed by atoms with Crippen molar-refractivity contribution in [1.82, 2.24) is 25.6 Å². The van der Waals surface area contributed by atoms with Crippen LogP contribution in [0.4, 0.5) is 4.79 Å². The highest BCUT2D eigenvalue weighted by Gasteiger charge is 2.52. The van der Waals surface area contributed by atoms with Crippen LogP contribution in [0.1, 0.15) is 49.8 Å². The lowest BCUT2D eigenvalue weighted by molar-refractivity contribution is -0.140. The van der Waals surface area contributed by atoms with Crippen LogP contribution in [0.15, 0.2) is 60.7 Å². The second kappa shape index (κ2) is 10.4. The Balaban J connectivity index is 1.17. The molecule has 36 heavy (non-hydrogen) atoms. The molecule has 2 aromatic carbocycles. The van der Waals surface area contributed by atoms with Gasteiger partial charge in [-0.15, -0.1) is 0 Å². The zero-order valence-electron chi connectivity index (χ0n) is 20.9. The van der Waals surface area contributed by atoms with Crippen molar-refractivity contribution in [2.45, 2.75) is 44.2 Å². The number of nitrogens with one attached hydrogen (secondary N) is 2. The Morgan fingerprint density at radius 3 is 2.06 bits per heavy atom. The van der Waals surface area contributed by atoms with E-state index in [-0.39, 0.29) is 24.4 Å². The van der Waals surface area contributed by atoms with Crippen molar-refractivity contribution in [2.75, 3.05) is 32.7 Å². The lowest BCUT2D eigenvalue weighted by Gasteiger charge is -2.39. The maximum atomic E-state index is 13.0. The standard InChI is InChI=1S/C28H35N5O3/c1-21-12-14-28(15-13-21)26(35)33(27(36)29-28)30-24(34)20-31-16-18-32(19-17-31)25(22-8-4-2-5-9-22)23-10-6-3-7-11-23/h2-11,21,25H,12-20H2,1H3,(H,29,36)(H,30,34). The van der Waals surface area contributed by atoms with E-state index in [0.29, 0.717) is 18.8 Å². The Morgan fingerprint density at radius 1 is 0.944 bits per heavy atom. The highest BCUT2D eigenvalue weighted by Crippen LogP contribution is 2.36. The Bertz CT molecular complexity index is 1040. The van der Waals surface area contributed by atoms with Crippen molar-refractivity contribution in [3.63, 3.8) is 0 Å². The zero-order valence-corrected chi connectivity index (χ0v) is 20.9. The molecule has 8 nitrogen and oxygen atoms in total. The lowest BCUT2D eigenvalue weighted by atomic mass is 9.77.